The van der Waals surface area contributed by atoms with E-state index in [9.17, 15) is 8.78 Å². The first-order chi connectivity index (χ1) is 12.5. The quantitative estimate of drug-likeness (QED) is 0.380. The van der Waals surface area contributed by atoms with Gasteiger partial charge in [0, 0.05) is 38.7 Å². The van der Waals surface area contributed by atoms with Crippen molar-refractivity contribution in [2.45, 2.75) is 32.9 Å². The average molecular weight is 492 g/mol. The van der Waals surface area contributed by atoms with Crippen molar-refractivity contribution in [2.24, 2.45) is 4.99 Å². The Bertz CT molecular complexity index is 785. The van der Waals surface area contributed by atoms with Gasteiger partial charge >= 0.3 is 0 Å². The molecule has 148 valence electrons. The molecule has 27 heavy (non-hydrogen) atoms. The lowest BCUT2D eigenvalue weighted by atomic mass is 10.2. The fourth-order valence-electron chi connectivity index (χ4n) is 2.90. The molecule has 1 aliphatic rings. The van der Waals surface area contributed by atoms with Crippen LogP contribution in [0.15, 0.2) is 27.7 Å². The standard InChI is InChI=1S/C17H22F2N6O.HI/c1-3-20-17(21-9-16-22-11(2)26-24-16)23-13-6-7-25(10-13)15-5-4-12(18)8-14(15)19;/h4-5,8,13H,3,6-7,9-10H2,1-2H3,(H2,20,21,23);1H. The van der Waals surface area contributed by atoms with E-state index < -0.39 is 11.6 Å². The Morgan fingerprint density at radius 1 is 1.41 bits per heavy atom. The molecule has 10 heteroatoms. The molecule has 1 atom stereocenters. The Morgan fingerprint density at radius 2 is 2.22 bits per heavy atom. The SMILES string of the molecule is CCNC(=NCc1noc(C)n1)NC1CCN(c2ccc(F)cc2F)C1.I. The van der Waals surface area contributed by atoms with Crippen LogP contribution >= 0.6 is 24.0 Å². The summed E-state index contributed by atoms with van der Waals surface area (Å²) in [6.45, 7) is 6.00. The molecular weight excluding hydrogens is 469 g/mol. The van der Waals surface area contributed by atoms with Crippen LogP contribution in [0.4, 0.5) is 14.5 Å². The summed E-state index contributed by atoms with van der Waals surface area (Å²) in [7, 11) is 0. The Kier molecular flexibility index (Phi) is 7.75. The number of nitrogens with zero attached hydrogens (tertiary/aromatic N) is 4. The van der Waals surface area contributed by atoms with E-state index in [4.69, 9.17) is 4.52 Å². The zero-order valence-corrected chi connectivity index (χ0v) is 17.5. The van der Waals surface area contributed by atoms with Gasteiger partial charge in [-0.15, -0.1) is 24.0 Å². The second-order valence-electron chi connectivity index (χ2n) is 6.10. The van der Waals surface area contributed by atoms with Crippen LogP contribution in [-0.4, -0.2) is 41.8 Å². The first-order valence-corrected chi connectivity index (χ1v) is 8.59. The third kappa shape index (κ3) is 5.75. The number of aliphatic imine (C=N–C) groups is 1. The van der Waals surface area contributed by atoms with Crippen LogP contribution in [0, 0.1) is 18.6 Å². The summed E-state index contributed by atoms with van der Waals surface area (Å²) in [5, 5.41) is 10.3. The van der Waals surface area contributed by atoms with Crippen LogP contribution in [0.2, 0.25) is 0 Å². The lowest BCUT2D eigenvalue weighted by Crippen LogP contribution is -2.44. The molecule has 0 spiro atoms. The van der Waals surface area contributed by atoms with Crippen molar-refractivity contribution in [1.82, 2.24) is 20.8 Å². The Hall–Kier alpha value is -1.98. The lowest BCUT2D eigenvalue weighted by molar-refractivity contribution is 0.387. The van der Waals surface area contributed by atoms with Gasteiger partial charge in [0.1, 0.15) is 18.2 Å². The van der Waals surface area contributed by atoms with E-state index in [-0.39, 0.29) is 30.0 Å². The fourth-order valence-corrected chi connectivity index (χ4v) is 2.90. The molecule has 1 fully saturated rings. The van der Waals surface area contributed by atoms with Gasteiger partial charge in [0.15, 0.2) is 11.8 Å². The summed E-state index contributed by atoms with van der Waals surface area (Å²) in [6.07, 6.45) is 0.822. The number of hydrogen-bond acceptors (Lipinski definition) is 5. The van der Waals surface area contributed by atoms with E-state index >= 15 is 0 Å². The molecule has 3 rings (SSSR count). The maximum absolute atomic E-state index is 14.0. The summed E-state index contributed by atoms with van der Waals surface area (Å²) in [5.74, 6) is 0.542. The number of anilines is 1. The van der Waals surface area contributed by atoms with Gasteiger partial charge in [0.25, 0.3) is 0 Å². The topological polar surface area (TPSA) is 78.6 Å². The monoisotopic (exact) mass is 492 g/mol. The highest BCUT2D eigenvalue weighted by Gasteiger charge is 2.25. The molecule has 0 aliphatic carbocycles. The van der Waals surface area contributed by atoms with Gasteiger partial charge in [-0.05, 0) is 25.5 Å². The van der Waals surface area contributed by atoms with Gasteiger partial charge in [-0.2, -0.15) is 4.98 Å². The predicted molar refractivity (Wildman–Crippen MR) is 109 cm³/mol. The van der Waals surface area contributed by atoms with E-state index in [1.165, 1.54) is 12.1 Å². The number of aryl methyl sites for hydroxylation is 1. The zero-order chi connectivity index (χ0) is 18.5. The molecule has 1 saturated heterocycles. The smallest absolute Gasteiger partial charge is 0.223 e. The van der Waals surface area contributed by atoms with E-state index in [0.29, 0.717) is 49.5 Å². The summed E-state index contributed by atoms with van der Waals surface area (Å²) in [4.78, 5) is 10.5. The van der Waals surface area contributed by atoms with Gasteiger partial charge in [-0.3, -0.25) is 0 Å². The van der Waals surface area contributed by atoms with E-state index in [2.05, 4.69) is 25.8 Å². The van der Waals surface area contributed by atoms with Crippen molar-refractivity contribution in [2.75, 3.05) is 24.5 Å². The molecule has 2 aromatic rings. The van der Waals surface area contributed by atoms with Crippen LogP contribution in [-0.2, 0) is 6.54 Å². The van der Waals surface area contributed by atoms with Crippen molar-refractivity contribution in [3.05, 3.63) is 41.5 Å². The summed E-state index contributed by atoms with van der Waals surface area (Å²) in [6, 6.07) is 3.76. The van der Waals surface area contributed by atoms with Crippen LogP contribution in [0.25, 0.3) is 0 Å². The first-order valence-electron chi connectivity index (χ1n) is 8.59. The van der Waals surface area contributed by atoms with Crippen LogP contribution < -0.4 is 15.5 Å². The summed E-state index contributed by atoms with van der Waals surface area (Å²) < 4.78 is 32.0. The minimum atomic E-state index is -0.571. The molecule has 2 heterocycles. The van der Waals surface area contributed by atoms with Gasteiger partial charge in [-0.25, -0.2) is 13.8 Å². The van der Waals surface area contributed by atoms with Crippen molar-refractivity contribution in [3.8, 4) is 0 Å². The molecule has 1 aromatic carbocycles. The fraction of sp³-hybridized carbons (Fsp3) is 0.471. The van der Waals surface area contributed by atoms with Gasteiger partial charge in [0.2, 0.25) is 5.89 Å². The molecule has 2 N–H and O–H groups in total. The Labute approximate surface area is 173 Å². The highest BCUT2D eigenvalue weighted by molar-refractivity contribution is 14.0. The van der Waals surface area contributed by atoms with Gasteiger partial charge in [-0.1, -0.05) is 5.16 Å². The second kappa shape index (κ2) is 9.81. The van der Waals surface area contributed by atoms with E-state index in [0.717, 1.165) is 12.5 Å². The molecular formula is C17H23F2IN6O. The zero-order valence-electron chi connectivity index (χ0n) is 15.2. The molecule has 0 saturated carbocycles. The molecule has 0 amide bonds. The highest BCUT2D eigenvalue weighted by atomic mass is 127. The number of guanidine groups is 1. The molecule has 0 bridgehead atoms. The largest absolute Gasteiger partial charge is 0.367 e. The second-order valence-corrected chi connectivity index (χ2v) is 6.10. The van der Waals surface area contributed by atoms with E-state index in [1.54, 1.807) is 6.92 Å². The predicted octanol–water partition coefficient (Wildman–Crippen LogP) is 2.61. The van der Waals surface area contributed by atoms with Crippen molar-refractivity contribution >= 4 is 35.6 Å². The van der Waals surface area contributed by atoms with Crippen LogP contribution in [0.3, 0.4) is 0 Å². The molecule has 1 unspecified atom stereocenters. The average Bonchev–Trinajstić information content (AvgIpc) is 3.22. The maximum atomic E-state index is 14.0. The molecule has 1 aromatic heterocycles. The third-order valence-electron chi connectivity index (χ3n) is 4.07. The Morgan fingerprint density at radius 3 is 2.89 bits per heavy atom. The van der Waals surface area contributed by atoms with Crippen molar-refractivity contribution in [1.29, 1.82) is 0 Å². The molecule has 1 aliphatic heterocycles. The number of nitrogens with one attached hydrogen (secondary N) is 2. The number of hydrogen-bond donors (Lipinski definition) is 2. The van der Waals surface area contributed by atoms with Crippen molar-refractivity contribution < 1.29 is 13.3 Å². The minimum absolute atomic E-state index is 0. The van der Waals surface area contributed by atoms with Gasteiger partial charge in [0.05, 0.1) is 5.69 Å². The minimum Gasteiger partial charge on any atom is -0.367 e. The number of halogens is 3. The number of benzene rings is 1. The van der Waals surface area contributed by atoms with E-state index in [1.807, 2.05) is 11.8 Å². The first kappa shape index (κ1) is 21.3. The van der Waals surface area contributed by atoms with Crippen LogP contribution in [0.1, 0.15) is 25.1 Å². The molecule has 7 nitrogen and oxygen atoms in total. The van der Waals surface area contributed by atoms with Crippen molar-refractivity contribution in [3.63, 3.8) is 0 Å². The van der Waals surface area contributed by atoms with Gasteiger partial charge < -0.3 is 20.1 Å². The highest BCUT2D eigenvalue weighted by Crippen LogP contribution is 2.24. The third-order valence-corrected chi connectivity index (χ3v) is 4.07. The normalized spacial score (nSPS) is 17.0. The Balaban J connectivity index is 0.00000261. The molecule has 0 radical (unpaired) electrons. The van der Waals surface area contributed by atoms with Crippen LogP contribution in [0.5, 0.6) is 0 Å². The number of aromatic nitrogens is 2. The number of rotatable bonds is 5. The lowest BCUT2D eigenvalue weighted by Gasteiger charge is -2.20. The summed E-state index contributed by atoms with van der Waals surface area (Å²) >= 11 is 0. The summed E-state index contributed by atoms with van der Waals surface area (Å²) in [5.41, 5.74) is 0.417. The maximum Gasteiger partial charge on any atom is 0.223 e.